The molecule has 1 saturated heterocycles. The Balaban J connectivity index is 1.65. The molecule has 136 valence electrons. The van der Waals surface area contributed by atoms with E-state index in [0.717, 1.165) is 23.6 Å². The van der Waals surface area contributed by atoms with Gasteiger partial charge in [-0.1, -0.05) is 6.42 Å². The van der Waals surface area contributed by atoms with Crippen molar-refractivity contribution in [2.24, 2.45) is 0 Å². The minimum absolute atomic E-state index is 0.137. The van der Waals surface area contributed by atoms with E-state index in [9.17, 15) is 4.79 Å². The first-order valence-corrected chi connectivity index (χ1v) is 9.01. The highest BCUT2D eigenvalue weighted by atomic mass is 16.5. The van der Waals surface area contributed by atoms with Crippen molar-refractivity contribution in [2.75, 3.05) is 13.7 Å². The van der Waals surface area contributed by atoms with Gasteiger partial charge < -0.3 is 4.74 Å². The molecule has 1 unspecified atom stereocenters. The number of hydrogen-bond acceptors (Lipinski definition) is 5. The molecule has 7 nitrogen and oxygen atoms in total. The van der Waals surface area contributed by atoms with Gasteiger partial charge in [0.2, 0.25) is 0 Å². The Morgan fingerprint density at radius 1 is 1.23 bits per heavy atom. The number of fused-ring (bicyclic) bond motifs is 1. The molecule has 3 heterocycles. The highest BCUT2D eigenvalue weighted by Gasteiger charge is 2.19. The lowest BCUT2D eigenvalue weighted by Crippen LogP contribution is -2.37. The van der Waals surface area contributed by atoms with Gasteiger partial charge in [0.15, 0.2) is 5.82 Å². The fraction of sp³-hybridized carbons (Fsp3) is 0.421. The van der Waals surface area contributed by atoms with Crippen LogP contribution in [0.25, 0.3) is 17.2 Å². The molecule has 1 aromatic carbocycles. The van der Waals surface area contributed by atoms with Crippen molar-refractivity contribution in [3.8, 4) is 17.1 Å². The van der Waals surface area contributed by atoms with Crippen LogP contribution in [0.4, 0.5) is 0 Å². The van der Waals surface area contributed by atoms with E-state index in [2.05, 4.69) is 26.9 Å². The molecular formula is C19H23N5O2. The molecule has 1 fully saturated rings. The molecule has 3 aromatic rings. The smallest absolute Gasteiger partial charge is 0.274 e. The minimum Gasteiger partial charge on any atom is -0.497 e. The first kappa shape index (κ1) is 16.8. The summed E-state index contributed by atoms with van der Waals surface area (Å²) in [6.45, 7) is 3.98. The van der Waals surface area contributed by atoms with Crippen LogP contribution < -0.4 is 10.3 Å². The number of piperidine rings is 1. The van der Waals surface area contributed by atoms with Crippen molar-refractivity contribution in [1.29, 1.82) is 0 Å². The van der Waals surface area contributed by atoms with Gasteiger partial charge in [-0.25, -0.2) is 4.98 Å². The lowest BCUT2D eigenvalue weighted by atomic mass is 10.0. The van der Waals surface area contributed by atoms with E-state index in [1.165, 1.54) is 23.8 Å². The van der Waals surface area contributed by atoms with Crippen molar-refractivity contribution < 1.29 is 4.74 Å². The average molecular weight is 353 g/mol. The maximum absolute atomic E-state index is 12.5. The third kappa shape index (κ3) is 3.22. The number of hydrogen-bond donors (Lipinski definition) is 1. The van der Waals surface area contributed by atoms with Gasteiger partial charge in [-0.2, -0.15) is 9.50 Å². The summed E-state index contributed by atoms with van der Waals surface area (Å²) in [5.41, 5.74) is 1.51. The lowest BCUT2D eigenvalue weighted by Gasteiger charge is -2.32. The van der Waals surface area contributed by atoms with Crippen LogP contribution in [0.1, 0.15) is 31.9 Å². The Kier molecular flexibility index (Phi) is 4.46. The van der Waals surface area contributed by atoms with Gasteiger partial charge in [0.25, 0.3) is 11.3 Å². The molecule has 7 heteroatoms. The van der Waals surface area contributed by atoms with Crippen LogP contribution in [0.15, 0.2) is 35.1 Å². The zero-order valence-electron chi connectivity index (χ0n) is 15.1. The minimum atomic E-state index is -0.137. The predicted molar refractivity (Wildman–Crippen MR) is 99.3 cm³/mol. The van der Waals surface area contributed by atoms with Crippen molar-refractivity contribution >= 4 is 5.78 Å². The Hall–Kier alpha value is -2.67. The molecular weight excluding hydrogens is 330 g/mol. The number of nitrogens with zero attached hydrogens (tertiary/aromatic N) is 4. The predicted octanol–water partition coefficient (Wildman–Crippen LogP) is 2.47. The summed E-state index contributed by atoms with van der Waals surface area (Å²) in [5, 5.41) is 3.03. The van der Waals surface area contributed by atoms with E-state index >= 15 is 0 Å². The standard InChI is InChI=1S/C19H23N5O2/c1-13-5-3-4-10-23(13)12-15-11-17(25)24-19(20-15)21-18(22-24)14-6-8-16(26-2)9-7-14/h6-9,11,13H,3-5,10,12H2,1-2H3,(H,20,21,22). The highest BCUT2D eigenvalue weighted by Crippen LogP contribution is 2.20. The van der Waals surface area contributed by atoms with Crippen LogP contribution in [0.2, 0.25) is 0 Å². The molecule has 1 N–H and O–H groups in total. The highest BCUT2D eigenvalue weighted by molar-refractivity contribution is 5.58. The normalized spacial score (nSPS) is 18.3. The third-order valence-corrected chi connectivity index (χ3v) is 5.05. The third-order valence-electron chi connectivity index (χ3n) is 5.05. The molecule has 4 rings (SSSR count). The van der Waals surface area contributed by atoms with Crippen LogP contribution in [0, 0.1) is 0 Å². The van der Waals surface area contributed by atoms with E-state index in [1.807, 2.05) is 24.3 Å². The van der Waals surface area contributed by atoms with Crippen LogP contribution in [0.3, 0.4) is 0 Å². The van der Waals surface area contributed by atoms with Crippen molar-refractivity contribution in [2.45, 2.75) is 38.8 Å². The molecule has 2 aromatic heterocycles. The fourth-order valence-electron chi connectivity index (χ4n) is 3.49. The molecule has 0 aliphatic carbocycles. The topological polar surface area (TPSA) is 75.5 Å². The number of aromatic nitrogens is 4. The molecule has 0 radical (unpaired) electrons. The quantitative estimate of drug-likeness (QED) is 0.780. The van der Waals surface area contributed by atoms with Crippen LogP contribution in [0.5, 0.6) is 5.75 Å². The Morgan fingerprint density at radius 3 is 2.77 bits per heavy atom. The number of aromatic amines is 1. The molecule has 0 bridgehead atoms. The van der Waals surface area contributed by atoms with Crippen molar-refractivity contribution in [3.05, 3.63) is 46.4 Å². The summed E-state index contributed by atoms with van der Waals surface area (Å²) in [5.74, 6) is 1.79. The number of benzene rings is 1. The fourth-order valence-corrected chi connectivity index (χ4v) is 3.49. The molecule has 0 spiro atoms. The Labute approximate surface area is 151 Å². The van der Waals surface area contributed by atoms with Crippen molar-refractivity contribution in [1.82, 2.24) is 24.5 Å². The second-order valence-corrected chi connectivity index (χ2v) is 6.84. The number of ether oxygens (including phenoxy) is 1. The van der Waals surface area contributed by atoms with Gasteiger partial charge in [0.05, 0.1) is 12.8 Å². The molecule has 1 aliphatic rings. The van der Waals surface area contributed by atoms with E-state index < -0.39 is 0 Å². The van der Waals surface area contributed by atoms with E-state index in [0.29, 0.717) is 24.2 Å². The van der Waals surface area contributed by atoms with Gasteiger partial charge in [0.1, 0.15) is 5.75 Å². The summed E-state index contributed by atoms with van der Waals surface area (Å²) < 4.78 is 6.57. The van der Waals surface area contributed by atoms with Crippen molar-refractivity contribution in [3.63, 3.8) is 0 Å². The van der Waals surface area contributed by atoms with Gasteiger partial charge in [0, 0.05) is 24.2 Å². The number of methoxy groups -OCH3 is 1. The monoisotopic (exact) mass is 353 g/mol. The summed E-state index contributed by atoms with van der Waals surface area (Å²) in [6, 6.07) is 9.65. The maximum Gasteiger partial charge on any atom is 0.274 e. The van der Waals surface area contributed by atoms with Crippen LogP contribution >= 0.6 is 0 Å². The van der Waals surface area contributed by atoms with E-state index in [-0.39, 0.29) is 5.56 Å². The van der Waals surface area contributed by atoms with Gasteiger partial charge >= 0.3 is 0 Å². The zero-order chi connectivity index (χ0) is 18.1. The zero-order valence-corrected chi connectivity index (χ0v) is 15.1. The average Bonchev–Trinajstić information content (AvgIpc) is 3.08. The molecule has 26 heavy (non-hydrogen) atoms. The van der Waals surface area contributed by atoms with Gasteiger partial charge in [-0.15, -0.1) is 0 Å². The number of likely N-dealkylation sites (tertiary alicyclic amines) is 1. The summed E-state index contributed by atoms with van der Waals surface area (Å²) in [4.78, 5) is 24.0. The van der Waals surface area contributed by atoms with Gasteiger partial charge in [-0.3, -0.25) is 14.8 Å². The van der Waals surface area contributed by atoms with Crippen LogP contribution in [-0.4, -0.2) is 44.2 Å². The van der Waals surface area contributed by atoms with E-state index in [4.69, 9.17) is 4.74 Å². The maximum atomic E-state index is 12.5. The largest absolute Gasteiger partial charge is 0.497 e. The SMILES string of the molecule is COc1ccc(-c2nc3nc(CN4CCCCC4C)cc(=O)n3[nH]2)cc1. The first-order valence-electron chi connectivity index (χ1n) is 9.01. The second kappa shape index (κ2) is 6.92. The molecule has 0 saturated carbocycles. The summed E-state index contributed by atoms with van der Waals surface area (Å²) >= 11 is 0. The summed E-state index contributed by atoms with van der Waals surface area (Å²) in [6.07, 6.45) is 3.68. The van der Waals surface area contributed by atoms with E-state index in [1.54, 1.807) is 13.2 Å². The second-order valence-electron chi connectivity index (χ2n) is 6.84. The Bertz CT molecular complexity index is 960. The molecule has 1 aliphatic heterocycles. The number of rotatable bonds is 4. The molecule has 0 amide bonds. The molecule has 1 atom stereocenters. The number of H-pyrrole nitrogens is 1. The van der Waals surface area contributed by atoms with Gasteiger partial charge in [-0.05, 0) is 50.6 Å². The first-order chi connectivity index (χ1) is 12.6. The lowest BCUT2D eigenvalue weighted by molar-refractivity contribution is 0.151. The van der Waals surface area contributed by atoms with Crippen LogP contribution in [-0.2, 0) is 6.54 Å². The summed E-state index contributed by atoms with van der Waals surface area (Å²) in [7, 11) is 1.63. The Morgan fingerprint density at radius 2 is 2.04 bits per heavy atom. The number of nitrogens with one attached hydrogen (secondary N) is 1.